The van der Waals surface area contributed by atoms with Crippen molar-refractivity contribution in [2.24, 2.45) is 5.92 Å². The molecule has 1 atom stereocenters. The lowest BCUT2D eigenvalue weighted by atomic mass is 9.78. The molecule has 4 heteroatoms. The van der Waals surface area contributed by atoms with Crippen molar-refractivity contribution in [1.29, 1.82) is 0 Å². The van der Waals surface area contributed by atoms with Crippen LogP contribution in [0.4, 0.5) is 0 Å². The van der Waals surface area contributed by atoms with Crippen LogP contribution in [0.1, 0.15) is 41.7 Å². The first-order valence-corrected chi connectivity index (χ1v) is 7.37. The number of carbonyl (C=O) groups is 1. The minimum atomic E-state index is -0.126. The van der Waals surface area contributed by atoms with Gasteiger partial charge in [0.15, 0.2) is 5.78 Å². The molecule has 0 aliphatic carbocycles. The van der Waals surface area contributed by atoms with Gasteiger partial charge in [-0.15, -0.1) is 0 Å². The van der Waals surface area contributed by atoms with Crippen LogP contribution in [0.25, 0.3) is 0 Å². The molecule has 2 saturated heterocycles. The number of aryl methyl sites for hydroxylation is 1. The summed E-state index contributed by atoms with van der Waals surface area (Å²) in [5.74, 6) is 0.313. The normalized spacial score (nSPS) is 25.6. The second-order valence-electron chi connectivity index (χ2n) is 5.88. The highest BCUT2D eigenvalue weighted by atomic mass is 16.5. The van der Waals surface area contributed by atoms with Crippen LogP contribution in [0.5, 0.6) is 0 Å². The lowest BCUT2D eigenvalue weighted by Crippen LogP contribution is -2.45. The van der Waals surface area contributed by atoms with Gasteiger partial charge in [-0.3, -0.25) is 9.78 Å². The Hall–Kier alpha value is -1.26. The molecule has 1 aromatic heterocycles. The van der Waals surface area contributed by atoms with Gasteiger partial charge in [0.25, 0.3) is 0 Å². The highest BCUT2D eigenvalue weighted by molar-refractivity contribution is 5.98. The number of rotatable bonds is 2. The molecule has 0 aromatic carbocycles. The van der Waals surface area contributed by atoms with Crippen molar-refractivity contribution >= 4 is 5.78 Å². The first kappa shape index (κ1) is 13.7. The zero-order valence-electron chi connectivity index (χ0n) is 11.9. The summed E-state index contributed by atoms with van der Waals surface area (Å²) in [4.78, 5) is 16.8. The fourth-order valence-electron chi connectivity index (χ4n) is 3.28. The van der Waals surface area contributed by atoms with E-state index in [2.05, 4.69) is 4.98 Å². The molecule has 0 N–H and O–H groups in total. The van der Waals surface area contributed by atoms with Gasteiger partial charge in [-0.25, -0.2) is 0 Å². The molecule has 3 heterocycles. The van der Waals surface area contributed by atoms with Crippen molar-refractivity contribution in [3.05, 3.63) is 29.6 Å². The summed E-state index contributed by atoms with van der Waals surface area (Å²) in [5.41, 5.74) is 1.55. The number of ether oxygens (including phenoxy) is 2. The van der Waals surface area contributed by atoms with Gasteiger partial charge in [-0.05, 0) is 44.7 Å². The molecule has 1 unspecified atom stereocenters. The Labute approximate surface area is 119 Å². The van der Waals surface area contributed by atoms with E-state index in [0.29, 0.717) is 6.61 Å². The van der Waals surface area contributed by atoms with E-state index in [9.17, 15) is 4.79 Å². The van der Waals surface area contributed by atoms with Gasteiger partial charge in [0.1, 0.15) is 0 Å². The Bertz CT molecular complexity index is 489. The van der Waals surface area contributed by atoms with Crippen molar-refractivity contribution in [2.75, 3.05) is 19.8 Å². The Kier molecular flexibility index (Phi) is 3.85. The van der Waals surface area contributed by atoms with E-state index in [1.807, 2.05) is 19.1 Å². The zero-order valence-corrected chi connectivity index (χ0v) is 11.9. The van der Waals surface area contributed by atoms with Crippen LogP contribution < -0.4 is 0 Å². The molecule has 20 heavy (non-hydrogen) atoms. The third-order valence-corrected chi connectivity index (χ3v) is 4.45. The van der Waals surface area contributed by atoms with Gasteiger partial charge in [-0.1, -0.05) is 0 Å². The number of pyridine rings is 1. The Morgan fingerprint density at radius 2 is 2.15 bits per heavy atom. The predicted octanol–water partition coefficient (Wildman–Crippen LogP) is 2.55. The number of Topliss-reactive ketones (excluding diaryl/α,β-unsaturated/α-hetero) is 1. The fraction of sp³-hybridized carbons (Fsp3) is 0.625. The van der Waals surface area contributed by atoms with E-state index >= 15 is 0 Å². The van der Waals surface area contributed by atoms with Crippen LogP contribution in [0.2, 0.25) is 0 Å². The molecule has 3 rings (SSSR count). The molecule has 108 valence electrons. The van der Waals surface area contributed by atoms with Crippen LogP contribution in [0, 0.1) is 12.8 Å². The third kappa shape index (κ3) is 2.76. The average molecular weight is 275 g/mol. The Balaban J connectivity index is 1.74. The molecule has 0 amide bonds. The predicted molar refractivity (Wildman–Crippen MR) is 74.8 cm³/mol. The third-order valence-electron chi connectivity index (χ3n) is 4.45. The Morgan fingerprint density at radius 3 is 2.90 bits per heavy atom. The van der Waals surface area contributed by atoms with Crippen molar-refractivity contribution in [3.8, 4) is 0 Å². The number of ketones is 1. The first-order valence-electron chi connectivity index (χ1n) is 7.37. The summed E-state index contributed by atoms with van der Waals surface area (Å²) in [6.45, 7) is 4.09. The zero-order chi connectivity index (χ0) is 14.0. The summed E-state index contributed by atoms with van der Waals surface area (Å²) >= 11 is 0. The van der Waals surface area contributed by atoms with Gasteiger partial charge < -0.3 is 9.47 Å². The van der Waals surface area contributed by atoms with Gasteiger partial charge in [0.2, 0.25) is 0 Å². The van der Waals surface area contributed by atoms with Crippen molar-refractivity contribution in [3.63, 3.8) is 0 Å². The highest BCUT2D eigenvalue weighted by Crippen LogP contribution is 2.38. The summed E-state index contributed by atoms with van der Waals surface area (Å²) < 4.78 is 11.4. The van der Waals surface area contributed by atoms with Crippen molar-refractivity contribution < 1.29 is 14.3 Å². The molecule has 1 spiro atoms. The minimum Gasteiger partial charge on any atom is -0.381 e. The topological polar surface area (TPSA) is 48.4 Å². The van der Waals surface area contributed by atoms with E-state index in [0.717, 1.165) is 50.2 Å². The van der Waals surface area contributed by atoms with E-state index in [1.54, 1.807) is 6.20 Å². The maximum atomic E-state index is 12.7. The Morgan fingerprint density at radius 1 is 1.35 bits per heavy atom. The lowest BCUT2D eigenvalue weighted by Gasteiger charge is -2.42. The van der Waals surface area contributed by atoms with E-state index in [-0.39, 0.29) is 17.3 Å². The maximum absolute atomic E-state index is 12.7. The second kappa shape index (κ2) is 5.62. The van der Waals surface area contributed by atoms with E-state index in [1.165, 1.54) is 0 Å². The molecule has 2 aliphatic rings. The fourth-order valence-corrected chi connectivity index (χ4v) is 3.28. The molecular weight excluding hydrogens is 254 g/mol. The van der Waals surface area contributed by atoms with Crippen LogP contribution in [-0.2, 0) is 9.47 Å². The van der Waals surface area contributed by atoms with E-state index < -0.39 is 0 Å². The van der Waals surface area contributed by atoms with Crippen LogP contribution >= 0.6 is 0 Å². The maximum Gasteiger partial charge on any atom is 0.166 e. The summed E-state index contributed by atoms with van der Waals surface area (Å²) in [5, 5.41) is 0. The van der Waals surface area contributed by atoms with Crippen LogP contribution in [0.3, 0.4) is 0 Å². The number of hydrogen-bond acceptors (Lipinski definition) is 4. The lowest BCUT2D eigenvalue weighted by molar-refractivity contribution is -0.142. The van der Waals surface area contributed by atoms with Crippen LogP contribution in [0.15, 0.2) is 18.3 Å². The number of carbonyl (C=O) groups excluding carboxylic acids is 1. The summed E-state index contributed by atoms with van der Waals surface area (Å²) in [7, 11) is 0. The van der Waals surface area contributed by atoms with Crippen LogP contribution in [-0.4, -0.2) is 36.2 Å². The smallest absolute Gasteiger partial charge is 0.166 e. The summed E-state index contributed by atoms with van der Waals surface area (Å²) in [6, 6.07) is 3.70. The van der Waals surface area contributed by atoms with Crippen molar-refractivity contribution in [1.82, 2.24) is 4.98 Å². The molecule has 0 bridgehead atoms. The standard InChI is InChI=1S/C16H21NO3/c1-12-10-13(2-6-17-12)15(18)14-3-7-20-16(11-14)4-8-19-9-5-16/h2,6,10,14H,3-5,7-9,11H2,1H3. The second-order valence-corrected chi connectivity index (χ2v) is 5.88. The molecule has 1 aromatic rings. The number of aromatic nitrogens is 1. The van der Waals surface area contributed by atoms with Gasteiger partial charge in [0, 0.05) is 43.2 Å². The van der Waals surface area contributed by atoms with Gasteiger partial charge >= 0.3 is 0 Å². The van der Waals surface area contributed by atoms with Crippen molar-refractivity contribution in [2.45, 2.75) is 38.2 Å². The number of hydrogen-bond donors (Lipinski definition) is 0. The van der Waals surface area contributed by atoms with E-state index in [4.69, 9.17) is 9.47 Å². The SMILES string of the molecule is Cc1cc(C(=O)C2CCOC3(CCOCC3)C2)ccn1. The molecule has 4 nitrogen and oxygen atoms in total. The highest BCUT2D eigenvalue weighted by Gasteiger charge is 2.41. The molecule has 0 saturated carbocycles. The molecule has 2 fully saturated rings. The minimum absolute atomic E-state index is 0.0728. The molecule has 2 aliphatic heterocycles. The largest absolute Gasteiger partial charge is 0.381 e. The molecule has 0 radical (unpaired) electrons. The quantitative estimate of drug-likeness (QED) is 0.778. The first-order chi connectivity index (χ1) is 9.69. The summed E-state index contributed by atoms with van der Waals surface area (Å²) in [6.07, 6.45) is 5.18. The van der Waals surface area contributed by atoms with Gasteiger partial charge in [0.05, 0.1) is 5.60 Å². The molecular formula is C16H21NO3. The average Bonchev–Trinajstić information content (AvgIpc) is 2.47. The monoisotopic (exact) mass is 275 g/mol. The van der Waals surface area contributed by atoms with Gasteiger partial charge in [-0.2, -0.15) is 0 Å². The number of nitrogens with zero attached hydrogens (tertiary/aromatic N) is 1.